The lowest BCUT2D eigenvalue weighted by Gasteiger charge is -2.26. The van der Waals surface area contributed by atoms with Crippen LogP contribution in [0.15, 0.2) is 167 Å². The summed E-state index contributed by atoms with van der Waals surface area (Å²) >= 11 is 0. The SMILES string of the molecule is CC1(C)c2c(cccc2-c2c3ccccc3c(-c3ccc4occc4c3)c3ccccc23)-c2ccc3c(oc4ccc(-c5ccccc5)cc43)c21. The first-order valence-corrected chi connectivity index (χ1v) is 17.7. The summed E-state index contributed by atoms with van der Waals surface area (Å²) in [6, 6.07) is 55.1. The van der Waals surface area contributed by atoms with E-state index >= 15 is 0 Å². The maximum Gasteiger partial charge on any atom is 0.140 e. The van der Waals surface area contributed by atoms with Crippen LogP contribution in [0.3, 0.4) is 0 Å². The van der Waals surface area contributed by atoms with Crippen LogP contribution in [-0.2, 0) is 5.41 Å². The van der Waals surface area contributed by atoms with Crippen LogP contribution in [0.5, 0.6) is 0 Å². The van der Waals surface area contributed by atoms with Gasteiger partial charge in [0.1, 0.15) is 16.7 Å². The fourth-order valence-electron chi connectivity index (χ4n) is 9.13. The van der Waals surface area contributed by atoms with Crippen molar-refractivity contribution in [1.29, 1.82) is 0 Å². The van der Waals surface area contributed by atoms with Gasteiger partial charge in [0, 0.05) is 27.1 Å². The highest BCUT2D eigenvalue weighted by Gasteiger charge is 2.41. The Morgan fingerprint density at radius 2 is 1.06 bits per heavy atom. The highest BCUT2D eigenvalue weighted by Crippen LogP contribution is 2.57. The number of rotatable bonds is 3. The monoisotopic (exact) mass is 652 g/mol. The molecule has 0 saturated heterocycles. The number of furan rings is 2. The van der Waals surface area contributed by atoms with Crippen molar-refractivity contribution in [3.63, 3.8) is 0 Å². The van der Waals surface area contributed by atoms with Gasteiger partial charge < -0.3 is 8.83 Å². The Morgan fingerprint density at radius 1 is 0.412 bits per heavy atom. The van der Waals surface area contributed by atoms with Crippen LogP contribution < -0.4 is 0 Å². The largest absolute Gasteiger partial charge is 0.464 e. The van der Waals surface area contributed by atoms with E-state index in [2.05, 4.69) is 159 Å². The summed E-state index contributed by atoms with van der Waals surface area (Å²) in [7, 11) is 0. The fraction of sp³-hybridized carbons (Fsp3) is 0.0612. The minimum Gasteiger partial charge on any atom is -0.464 e. The van der Waals surface area contributed by atoms with E-state index in [0.717, 1.165) is 27.5 Å². The second kappa shape index (κ2) is 10.3. The van der Waals surface area contributed by atoms with E-state index in [1.807, 2.05) is 6.07 Å². The molecule has 11 rings (SSSR count). The van der Waals surface area contributed by atoms with Gasteiger partial charge in [0.15, 0.2) is 0 Å². The number of fused-ring (bicyclic) bond motifs is 10. The van der Waals surface area contributed by atoms with Crippen molar-refractivity contribution in [1.82, 2.24) is 0 Å². The van der Waals surface area contributed by atoms with E-state index in [1.54, 1.807) is 6.26 Å². The predicted octanol–water partition coefficient (Wildman–Crippen LogP) is 13.9. The number of hydrogen-bond donors (Lipinski definition) is 0. The van der Waals surface area contributed by atoms with E-state index in [0.29, 0.717) is 0 Å². The molecule has 0 amide bonds. The van der Waals surface area contributed by atoms with Gasteiger partial charge in [-0.05, 0) is 108 Å². The molecule has 0 radical (unpaired) electrons. The molecule has 0 atom stereocenters. The lowest BCUT2D eigenvalue weighted by Crippen LogP contribution is -2.16. The lowest BCUT2D eigenvalue weighted by atomic mass is 9.76. The Kier molecular flexibility index (Phi) is 5.76. The van der Waals surface area contributed by atoms with Gasteiger partial charge in [-0.25, -0.2) is 0 Å². The minimum absolute atomic E-state index is 0.315. The fourth-order valence-corrected chi connectivity index (χ4v) is 9.13. The van der Waals surface area contributed by atoms with Gasteiger partial charge in [-0.1, -0.05) is 129 Å². The molecule has 0 fully saturated rings. The minimum atomic E-state index is -0.315. The highest BCUT2D eigenvalue weighted by atomic mass is 16.3. The van der Waals surface area contributed by atoms with Crippen LogP contribution in [0.4, 0.5) is 0 Å². The molecule has 0 spiro atoms. The van der Waals surface area contributed by atoms with Gasteiger partial charge in [-0.2, -0.15) is 0 Å². The van der Waals surface area contributed by atoms with Gasteiger partial charge in [-0.3, -0.25) is 0 Å². The smallest absolute Gasteiger partial charge is 0.140 e. The summed E-state index contributed by atoms with van der Waals surface area (Å²) in [5, 5.41) is 8.42. The van der Waals surface area contributed by atoms with Gasteiger partial charge in [0.05, 0.1) is 6.26 Å². The average molecular weight is 653 g/mol. The lowest BCUT2D eigenvalue weighted by molar-refractivity contribution is 0.616. The molecule has 0 unspecified atom stereocenters. The summed E-state index contributed by atoms with van der Waals surface area (Å²) in [4.78, 5) is 0. The molecule has 0 saturated carbocycles. The van der Waals surface area contributed by atoms with Crippen LogP contribution in [0, 0.1) is 0 Å². The first-order chi connectivity index (χ1) is 25.1. The van der Waals surface area contributed by atoms with E-state index in [1.165, 1.54) is 82.6 Å². The Hall–Kier alpha value is -6.38. The Labute approximate surface area is 295 Å². The van der Waals surface area contributed by atoms with E-state index in [9.17, 15) is 0 Å². The third-order valence-corrected chi connectivity index (χ3v) is 11.3. The van der Waals surface area contributed by atoms with Crippen LogP contribution in [-0.4, -0.2) is 0 Å². The Bertz CT molecular complexity index is 2990. The molecule has 1 aliphatic rings. The van der Waals surface area contributed by atoms with E-state index in [-0.39, 0.29) is 5.41 Å². The molecule has 240 valence electrons. The summed E-state index contributed by atoms with van der Waals surface area (Å²) in [6.07, 6.45) is 1.77. The highest BCUT2D eigenvalue weighted by molar-refractivity contribution is 6.22. The topological polar surface area (TPSA) is 26.3 Å². The van der Waals surface area contributed by atoms with Crippen molar-refractivity contribution in [2.24, 2.45) is 0 Å². The maximum atomic E-state index is 6.82. The molecule has 2 heteroatoms. The first kappa shape index (κ1) is 28.5. The third kappa shape index (κ3) is 3.93. The standard InChI is InChI=1S/C49H32O2/c1-49(2)46-37(38-21-22-39-41-28-30(29-11-4-3-5-12-29)19-24-43(41)51-48(39)47(38)49)17-10-18-40(46)45-35-15-8-6-13-33(35)44(34-14-7-9-16-36(34)45)32-20-23-42-31(27-32)25-26-50-42/h3-28H,1-2H3. The zero-order chi connectivity index (χ0) is 33.8. The maximum absolute atomic E-state index is 6.82. The van der Waals surface area contributed by atoms with E-state index < -0.39 is 0 Å². The molecule has 2 aromatic heterocycles. The van der Waals surface area contributed by atoms with E-state index in [4.69, 9.17) is 8.83 Å². The van der Waals surface area contributed by atoms with Crippen molar-refractivity contribution >= 4 is 54.5 Å². The predicted molar refractivity (Wildman–Crippen MR) is 212 cm³/mol. The molecular formula is C49H32O2. The molecular weight excluding hydrogens is 621 g/mol. The van der Waals surface area contributed by atoms with Gasteiger partial charge >= 0.3 is 0 Å². The van der Waals surface area contributed by atoms with Crippen molar-refractivity contribution in [2.75, 3.05) is 0 Å². The van der Waals surface area contributed by atoms with Crippen LogP contribution >= 0.6 is 0 Å². The summed E-state index contributed by atoms with van der Waals surface area (Å²) in [6.45, 7) is 4.75. The number of hydrogen-bond acceptors (Lipinski definition) is 2. The Morgan fingerprint density at radius 3 is 1.82 bits per heavy atom. The zero-order valence-electron chi connectivity index (χ0n) is 28.3. The van der Waals surface area contributed by atoms with Gasteiger partial charge in [0.2, 0.25) is 0 Å². The van der Waals surface area contributed by atoms with Crippen LogP contribution in [0.1, 0.15) is 25.0 Å². The van der Waals surface area contributed by atoms with Crippen LogP contribution in [0.2, 0.25) is 0 Å². The molecule has 51 heavy (non-hydrogen) atoms. The molecule has 0 N–H and O–H groups in total. The molecule has 8 aromatic carbocycles. The molecule has 0 aliphatic heterocycles. The summed E-state index contributed by atoms with van der Waals surface area (Å²) < 4.78 is 12.5. The normalized spacial score (nSPS) is 13.5. The quantitative estimate of drug-likeness (QED) is 0.178. The molecule has 1 aliphatic carbocycles. The Balaban J connectivity index is 1.17. The van der Waals surface area contributed by atoms with Crippen molar-refractivity contribution in [3.8, 4) is 44.5 Å². The second-order valence-electron chi connectivity index (χ2n) is 14.4. The molecule has 0 bridgehead atoms. The molecule has 2 nitrogen and oxygen atoms in total. The van der Waals surface area contributed by atoms with Crippen molar-refractivity contribution in [3.05, 3.63) is 169 Å². The molecule has 2 heterocycles. The van der Waals surface area contributed by atoms with Crippen molar-refractivity contribution < 1.29 is 8.83 Å². The second-order valence-corrected chi connectivity index (χ2v) is 14.4. The average Bonchev–Trinajstić information content (AvgIpc) is 3.86. The summed E-state index contributed by atoms with van der Waals surface area (Å²) in [5.74, 6) is 0. The van der Waals surface area contributed by atoms with Crippen LogP contribution in [0.25, 0.3) is 99.0 Å². The molecule has 10 aromatic rings. The number of benzene rings is 8. The summed E-state index contributed by atoms with van der Waals surface area (Å²) in [5.41, 5.74) is 15.0. The van der Waals surface area contributed by atoms with Gasteiger partial charge in [-0.15, -0.1) is 0 Å². The third-order valence-electron chi connectivity index (χ3n) is 11.3. The van der Waals surface area contributed by atoms with Gasteiger partial charge in [0.25, 0.3) is 0 Å². The zero-order valence-corrected chi connectivity index (χ0v) is 28.3. The first-order valence-electron chi connectivity index (χ1n) is 17.7. The van der Waals surface area contributed by atoms with Crippen molar-refractivity contribution in [2.45, 2.75) is 19.3 Å².